The summed E-state index contributed by atoms with van der Waals surface area (Å²) in [5, 5.41) is 0. The molecule has 1 atom stereocenters. The van der Waals surface area contributed by atoms with Crippen molar-refractivity contribution in [1.82, 2.24) is 0 Å². The lowest BCUT2D eigenvalue weighted by Crippen LogP contribution is -2.02. The molecule has 1 unspecified atom stereocenters. The first-order valence-electron chi connectivity index (χ1n) is 6.51. The van der Waals surface area contributed by atoms with Crippen LogP contribution in [0.4, 0.5) is 0 Å². The fourth-order valence-corrected chi connectivity index (χ4v) is 5.53. The van der Waals surface area contributed by atoms with E-state index in [1.807, 2.05) is 0 Å². The van der Waals surface area contributed by atoms with E-state index in [9.17, 15) is 0 Å². The Balaban J connectivity index is 2.37. The smallest absolute Gasteiger partial charge is 0.0436 e. The highest BCUT2D eigenvalue weighted by atomic mass is 79.9. The molecule has 2 rings (SSSR count). The number of hydrogen-bond acceptors (Lipinski definition) is 0. The lowest BCUT2D eigenvalue weighted by atomic mass is 9.97. The Hall–Kier alpha value is 0.180. The topological polar surface area (TPSA) is 0 Å². The first-order chi connectivity index (χ1) is 8.10. The molecule has 0 spiro atoms. The number of benzene rings is 1. The number of halogens is 2. The van der Waals surface area contributed by atoms with Gasteiger partial charge in [0, 0.05) is 9.30 Å². The van der Waals surface area contributed by atoms with Gasteiger partial charge in [0.05, 0.1) is 0 Å². The summed E-state index contributed by atoms with van der Waals surface area (Å²) in [6, 6.07) is 4.56. The minimum absolute atomic E-state index is 0.411. The molecule has 2 heteroatoms. The highest BCUT2D eigenvalue weighted by Gasteiger charge is 2.66. The van der Waals surface area contributed by atoms with Crippen molar-refractivity contribution in [2.75, 3.05) is 0 Å². The maximum absolute atomic E-state index is 3.96. The van der Waals surface area contributed by atoms with E-state index in [1.165, 1.54) is 21.2 Å². The van der Waals surface area contributed by atoms with Gasteiger partial charge >= 0.3 is 0 Å². The van der Waals surface area contributed by atoms with Crippen LogP contribution in [0.25, 0.3) is 0 Å². The zero-order valence-corrected chi connectivity index (χ0v) is 15.2. The minimum Gasteiger partial charge on any atom is -0.0835 e. The molecule has 1 aromatic carbocycles. The van der Waals surface area contributed by atoms with Gasteiger partial charge in [0.2, 0.25) is 0 Å². The van der Waals surface area contributed by atoms with Crippen LogP contribution >= 0.6 is 31.9 Å². The predicted octanol–water partition coefficient (Wildman–Crippen LogP) is 6.18. The van der Waals surface area contributed by atoms with Crippen molar-refractivity contribution in [1.29, 1.82) is 0 Å². The molecular weight excluding hydrogens is 352 g/mol. The SMILES string of the molecule is Cc1cc(C(Br)C2C(C)(C)C2(C)C)c(C)cc1Br. The lowest BCUT2D eigenvalue weighted by Gasteiger charge is -2.17. The second kappa shape index (κ2) is 4.34. The average Bonchev–Trinajstić information content (AvgIpc) is 2.62. The molecule has 0 bridgehead atoms. The highest BCUT2D eigenvalue weighted by molar-refractivity contribution is 9.10. The van der Waals surface area contributed by atoms with Gasteiger partial charge in [-0.3, -0.25) is 0 Å². The van der Waals surface area contributed by atoms with E-state index >= 15 is 0 Å². The van der Waals surface area contributed by atoms with E-state index < -0.39 is 0 Å². The normalized spacial score (nSPS) is 22.9. The van der Waals surface area contributed by atoms with Crippen LogP contribution in [0.2, 0.25) is 0 Å². The number of hydrogen-bond donors (Lipinski definition) is 0. The van der Waals surface area contributed by atoms with Crippen LogP contribution in [-0.4, -0.2) is 0 Å². The largest absolute Gasteiger partial charge is 0.0835 e. The van der Waals surface area contributed by atoms with Crippen LogP contribution in [0, 0.1) is 30.6 Å². The van der Waals surface area contributed by atoms with E-state index in [1.54, 1.807) is 0 Å². The van der Waals surface area contributed by atoms with Crippen molar-refractivity contribution >= 4 is 31.9 Å². The average molecular weight is 374 g/mol. The second-order valence-electron chi connectivity index (χ2n) is 6.78. The molecule has 0 saturated heterocycles. The van der Waals surface area contributed by atoms with Gasteiger partial charge in [0.1, 0.15) is 0 Å². The summed E-state index contributed by atoms with van der Waals surface area (Å²) in [5.74, 6) is 0.698. The van der Waals surface area contributed by atoms with E-state index in [-0.39, 0.29) is 0 Å². The molecule has 0 heterocycles. The zero-order chi connectivity index (χ0) is 13.9. The van der Waals surface area contributed by atoms with Crippen molar-refractivity contribution in [2.45, 2.75) is 46.4 Å². The third-order valence-electron chi connectivity index (χ3n) is 5.27. The van der Waals surface area contributed by atoms with E-state index in [2.05, 4.69) is 85.5 Å². The summed E-state index contributed by atoms with van der Waals surface area (Å²) in [6.45, 7) is 13.9. The van der Waals surface area contributed by atoms with E-state index in [0.29, 0.717) is 21.6 Å². The Kier molecular flexibility index (Phi) is 3.52. The van der Waals surface area contributed by atoms with Crippen LogP contribution in [0.1, 0.15) is 49.2 Å². The molecule has 0 aromatic heterocycles. The second-order valence-corrected chi connectivity index (χ2v) is 8.62. The summed E-state index contributed by atoms with van der Waals surface area (Å²) in [7, 11) is 0. The standard InChI is InChI=1S/C16H22Br2/c1-9-8-12(17)10(2)7-11(9)13(18)14-15(3,4)16(14,5)6/h7-8,13-14H,1-6H3. The summed E-state index contributed by atoms with van der Waals surface area (Å²) in [4.78, 5) is 0.453. The highest BCUT2D eigenvalue weighted by Crippen LogP contribution is 2.74. The predicted molar refractivity (Wildman–Crippen MR) is 86.3 cm³/mol. The molecule has 0 aliphatic heterocycles. The third-order valence-corrected chi connectivity index (χ3v) is 7.15. The Morgan fingerprint density at radius 2 is 1.50 bits per heavy atom. The van der Waals surface area contributed by atoms with E-state index in [0.717, 1.165) is 0 Å². The molecule has 1 aliphatic rings. The molecular formula is C16H22Br2. The number of aryl methyl sites for hydroxylation is 2. The summed E-state index contributed by atoms with van der Waals surface area (Å²) in [5.41, 5.74) is 4.95. The Morgan fingerprint density at radius 1 is 1.00 bits per heavy atom. The molecule has 1 saturated carbocycles. The third kappa shape index (κ3) is 2.00. The van der Waals surface area contributed by atoms with Gasteiger partial charge < -0.3 is 0 Å². The zero-order valence-electron chi connectivity index (χ0n) is 12.1. The Bertz CT molecular complexity index is 472. The van der Waals surface area contributed by atoms with Gasteiger partial charge in [0.15, 0.2) is 0 Å². The van der Waals surface area contributed by atoms with Gasteiger partial charge in [-0.05, 0) is 53.4 Å². The molecule has 18 heavy (non-hydrogen) atoms. The number of alkyl halides is 1. The quantitative estimate of drug-likeness (QED) is 0.542. The lowest BCUT2D eigenvalue weighted by molar-refractivity contribution is 0.457. The van der Waals surface area contributed by atoms with Crippen molar-refractivity contribution in [3.63, 3.8) is 0 Å². The van der Waals surface area contributed by atoms with Crippen molar-refractivity contribution in [2.24, 2.45) is 16.7 Å². The molecule has 1 aliphatic carbocycles. The molecule has 1 fully saturated rings. The van der Waals surface area contributed by atoms with Gasteiger partial charge in [-0.2, -0.15) is 0 Å². The fraction of sp³-hybridized carbons (Fsp3) is 0.625. The molecule has 0 N–H and O–H groups in total. The number of rotatable bonds is 2. The maximum atomic E-state index is 3.96. The van der Waals surface area contributed by atoms with Gasteiger partial charge in [-0.25, -0.2) is 0 Å². The Labute approximate surface area is 128 Å². The Morgan fingerprint density at radius 3 is 1.94 bits per heavy atom. The molecule has 0 nitrogen and oxygen atoms in total. The first-order valence-corrected chi connectivity index (χ1v) is 8.22. The fourth-order valence-electron chi connectivity index (χ4n) is 3.26. The van der Waals surface area contributed by atoms with Crippen LogP contribution in [0.15, 0.2) is 16.6 Å². The van der Waals surface area contributed by atoms with E-state index in [4.69, 9.17) is 0 Å². The maximum Gasteiger partial charge on any atom is 0.0436 e. The molecule has 0 radical (unpaired) electrons. The van der Waals surface area contributed by atoms with Gasteiger partial charge in [-0.15, -0.1) is 0 Å². The van der Waals surface area contributed by atoms with Crippen LogP contribution in [-0.2, 0) is 0 Å². The summed E-state index contributed by atoms with van der Waals surface area (Å²) in [6.07, 6.45) is 0. The van der Waals surface area contributed by atoms with Crippen molar-refractivity contribution in [3.8, 4) is 0 Å². The molecule has 1 aromatic rings. The van der Waals surface area contributed by atoms with Crippen molar-refractivity contribution < 1.29 is 0 Å². The molecule has 100 valence electrons. The van der Waals surface area contributed by atoms with Gasteiger partial charge in [0.25, 0.3) is 0 Å². The van der Waals surface area contributed by atoms with Crippen molar-refractivity contribution in [3.05, 3.63) is 33.3 Å². The summed E-state index contributed by atoms with van der Waals surface area (Å²) < 4.78 is 1.21. The summed E-state index contributed by atoms with van der Waals surface area (Å²) >= 11 is 7.57. The molecule has 0 amide bonds. The van der Waals surface area contributed by atoms with Crippen LogP contribution in [0.3, 0.4) is 0 Å². The van der Waals surface area contributed by atoms with Crippen LogP contribution in [0.5, 0.6) is 0 Å². The van der Waals surface area contributed by atoms with Crippen LogP contribution < -0.4 is 0 Å². The monoisotopic (exact) mass is 372 g/mol. The minimum atomic E-state index is 0.411. The first kappa shape index (κ1) is 14.6. The van der Waals surface area contributed by atoms with Gasteiger partial charge in [-0.1, -0.05) is 65.6 Å².